The minimum absolute atomic E-state index is 0.166. The van der Waals surface area contributed by atoms with Gasteiger partial charge in [-0.1, -0.05) is 34.8 Å². The van der Waals surface area contributed by atoms with Crippen molar-refractivity contribution in [2.24, 2.45) is 0 Å². The van der Waals surface area contributed by atoms with Gasteiger partial charge in [0.1, 0.15) is 11.9 Å². The Bertz CT molecular complexity index is 364. The summed E-state index contributed by atoms with van der Waals surface area (Å²) in [5, 5.41) is 4.61. The van der Waals surface area contributed by atoms with Crippen LogP contribution in [0.3, 0.4) is 0 Å². The number of nitrogens with one attached hydrogen (secondary N) is 1. The average Bonchev–Trinajstić information content (AvgIpc) is 2.67. The lowest BCUT2D eigenvalue weighted by molar-refractivity contribution is 0.223. The SMILES string of the molecule is Clc1cc(Cl)c(OC2CCNC2)cc1Cl. The van der Waals surface area contributed by atoms with Crippen molar-refractivity contribution in [2.75, 3.05) is 13.1 Å². The van der Waals surface area contributed by atoms with Crippen molar-refractivity contribution >= 4 is 34.8 Å². The molecule has 1 aliphatic rings. The first-order valence-electron chi connectivity index (χ1n) is 4.69. The molecule has 1 aromatic carbocycles. The van der Waals surface area contributed by atoms with E-state index in [0.717, 1.165) is 19.5 Å². The predicted molar refractivity (Wildman–Crippen MR) is 63.4 cm³/mol. The van der Waals surface area contributed by atoms with Crippen LogP contribution in [0.25, 0.3) is 0 Å². The van der Waals surface area contributed by atoms with Crippen molar-refractivity contribution in [3.8, 4) is 5.75 Å². The molecule has 15 heavy (non-hydrogen) atoms. The van der Waals surface area contributed by atoms with Crippen LogP contribution in [0.15, 0.2) is 12.1 Å². The standard InChI is InChI=1S/C10H10Cl3NO/c11-7-3-9(13)10(4-8(7)12)15-6-1-2-14-5-6/h3-4,6,14H,1-2,5H2. The van der Waals surface area contributed by atoms with Gasteiger partial charge >= 0.3 is 0 Å². The highest BCUT2D eigenvalue weighted by Gasteiger charge is 2.17. The number of ether oxygens (including phenoxy) is 1. The Morgan fingerprint density at radius 2 is 1.87 bits per heavy atom. The van der Waals surface area contributed by atoms with E-state index in [0.29, 0.717) is 20.8 Å². The second kappa shape index (κ2) is 4.79. The second-order valence-electron chi connectivity index (χ2n) is 3.43. The lowest BCUT2D eigenvalue weighted by atomic mass is 10.3. The lowest BCUT2D eigenvalue weighted by Crippen LogP contribution is -2.19. The third kappa shape index (κ3) is 2.70. The van der Waals surface area contributed by atoms with Gasteiger partial charge in [-0.3, -0.25) is 0 Å². The van der Waals surface area contributed by atoms with Gasteiger partial charge in [-0.2, -0.15) is 0 Å². The number of hydrogen-bond acceptors (Lipinski definition) is 2. The van der Waals surface area contributed by atoms with Crippen LogP contribution < -0.4 is 10.1 Å². The molecule has 1 unspecified atom stereocenters. The second-order valence-corrected chi connectivity index (χ2v) is 4.65. The average molecular weight is 267 g/mol. The normalized spacial score (nSPS) is 20.6. The van der Waals surface area contributed by atoms with E-state index in [2.05, 4.69) is 5.32 Å². The Morgan fingerprint density at radius 3 is 2.53 bits per heavy atom. The molecule has 1 fully saturated rings. The van der Waals surface area contributed by atoms with Gasteiger partial charge in [-0.05, 0) is 19.0 Å². The highest BCUT2D eigenvalue weighted by molar-refractivity contribution is 6.43. The number of benzene rings is 1. The quantitative estimate of drug-likeness (QED) is 0.829. The molecular weight excluding hydrogens is 256 g/mol. The van der Waals surface area contributed by atoms with Crippen LogP contribution in [0.1, 0.15) is 6.42 Å². The van der Waals surface area contributed by atoms with Crippen molar-refractivity contribution in [1.29, 1.82) is 0 Å². The van der Waals surface area contributed by atoms with E-state index in [4.69, 9.17) is 39.5 Å². The smallest absolute Gasteiger partial charge is 0.139 e. The van der Waals surface area contributed by atoms with E-state index in [1.54, 1.807) is 12.1 Å². The summed E-state index contributed by atoms with van der Waals surface area (Å²) < 4.78 is 5.70. The summed E-state index contributed by atoms with van der Waals surface area (Å²) in [6.45, 7) is 1.82. The molecular formula is C10H10Cl3NO. The molecule has 0 saturated carbocycles. The van der Waals surface area contributed by atoms with Crippen LogP contribution in [0.4, 0.5) is 0 Å². The summed E-state index contributed by atoms with van der Waals surface area (Å²) in [6, 6.07) is 3.26. The molecule has 1 atom stereocenters. The number of rotatable bonds is 2. The molecule has 0 radical (unpaired) electrons. The molecule has 1 N–H and O–H groups in total. The van der Waals surface area contributed by atoms with Crippen molar-refractivity contribution in [1.82, 2.24) is 5.32 Å². The molecule has 82 valence electrons. The minimum Gasteiger partial charge on any atom is -0.487 e. The maximum atomic E-state index is 5.99. The molecule has 5 heteroatoms. The fourth-order valence-corrected chi connectivity index (χ4v) is 2.08. The highest BCUT2D eigenvalue weighted by Crippen LogP contribution is 2.34. The van der Waals surface area contributed by atoms with Gasteiger partial charge in [0.25, 0.3) is 0 Å². The van der Waals surface area contributed by atoms with E-state index in [-0.39, 0.29) is 6.10 Å². The number of halogens is 3. The predicted octanol–water partition coefficient (Wildman–Crippen LogP) is 3.39. The molecule has 0 amide bonds. The first kappa shape index (κ1) is 11.3. The Hall–Kier alpha value is -0.150. The van der Waals surface area contributed by atoms with Crippen molar-refractivity contribution in [3.05, 3.63) is 27.2 Å². The molecule has 1 heterocycles. The van der Waals surface area contributed by atoms with E-state index in [1.165, 1.54) is 0 Å². The van der Waals surface area contributed by atoms with Crippen LogP contribution in [0.2, 0.25) is 15.1 Å². The molecule has 0 aromatic heterocycles. The summed E-state index contributed by atoms with van der Waals surface area (Å²) >= 11 is 17.7. The molecule has 1 saturated heterocycles. The van der Waals surface area contributed by atoms with Crippen molar-refractivity contribution < 1.29 is 4.74 Å². The fraction of sp³-hybridized carbons (Fsp3) is 0.400. The third-order valence-electron chi connectivity index (χ3n) is 2.28. The van der Waals surface area contributed by atoms with E-state index in [9.17, 15) is 0 Å². The molecule has 2 nitrogen and oxygen atoms in total. The molecule has 0 bridgehead atoms. The molecule has 1 aromatic rings. The third-order valence-corrected chi connectivity index (χ3v) is 3.30. The first-order valence-corrected chi connectivity index (χ1v) is 5.82. The Labute approximate surface area is 103 Å². The van der Waals surface area contributed by atoms with E-state index in [1.807, 2.05) is 0 Å². The number of hydrogen-bond donors (Lipinski definition) is 1. The van der Waals surface area contributed by atoms with Crippen LogP contribution in [-0.2, 0) is 0 Å². The largest absolute Gasteiger partial charge is 0.487 e. The Morgan fingerprint density at radius 1 is 1.13 bits per heavy atom. The van der Waals surface area contributed by atoms with Gasteiger partial charge in [0.15, 0.2) is 0 Å². The summed E-state index contributed by atoms with van der Waals surface area (Å²) in [5.41, 5.74) is 0. The molecule has 0 aliphatic carbocycles. The van der Waals surface area contributed by atoms with Crippen LogP contribution in [0.5, 0.6) is 5.75 Å². The van der Waals surface area contributed by atoms with Gasteiger partial charge in [0.2, 0.25) is 0 Å². The van der Waals surface area contributed by atoms with Gasteiger partial charge in [0, 0.05) is 12.6 Å². The Kier molecular flexibility index (Phi) is 3.62. The van der Waals surface area contributed by atoms with Crippen molar-refractivity contribution in [3.63, 3.8) is 0 Å². The summed E-state index contributed by atoms with van der Waals surface area (Å²) in [7, 11) is 0. The topological polar surface area (TPSA) is 21.3 Å². The minimum atomic E-state index is 0.166. The Balaban J connectivity index is 2.16. The van der Waals surface area contributed by atoms with Gasteiger partial charge in [-0.25, -0.2) is 0 Å². The van der Waals surface area contributed by atoms with Crippen LogP contribution >= 0.6 is 34.8 Å². The maximum absolute atomic E-state index is 5.99. The zero-order valence-electron chi connectivity index (χ0n) is 7.90. The molecule has 2 rings (SSSR count). The first-order chi connectivity index (χ1) is 7.16. The van der Waals surface area contributed by atoms with E-state index >= 15 is 0 Å². The summed E-state index contributed by atoms with van der Waals surface area (Å²) in [6.07, 6.45) is 1.15. The maximum Gasteiger partial charge on any atom is 0.139 e. The zero-order valence-corrected chi connectivity index (χ0v) is 10.2. The molecule has 0 spiro atoms. The monoisotopic (exact) mass is 265 g/mol. The van der Waals surface area contributed by atoms with Gasteiger partial charge in [0.05, 0.1) is 15.1 Å². The van der Waals surface area contributed by atoms with Crippen LogP contribution in [-0.4, -0.2) is 19.2 Å². The summed E-state index contributed by atoms with van der Waals surface area (Å²) in [5.74, 6) is 0.597. The van der Waals surface area contributed by atoms with Gasteiger partial charge in [-0.15, -0.1) is 0 Å². The van der Waals surface area contributed by atoms with Gasteiger partial charge < -0.3 is 10.1 Å². The van der Waals surface area contributed by atoms with Crippen LogP contribution in [0, 0.1) is 0 Å². The molecule has 1 aliphatic heterocycles. The van der Waals surface area contributed by atoms with E-state index < -0.39 is 0 Å². The lowest BCUT2D eigenvalue weighted by Gasteiger charge is -2.14. The fourth-order valence-electron chi connectivity index (χ4n) is 1.50. The van der Waals surface area contributed by atoms with Crippen molar-refractivity contribution in [2.45, 2.75) is 12.5 Å². The summed E-state index contributed by atoms with van der Waals surface area (Å²) in [4.78, 5) is 0. The highest BCUT2D eigenvalue weighted by atomic mass is 35.5. The zero-order chi connectivity index (χ0) is 10.8.